The maximum Gasteiger partial charge on any atom is 0.325 e. The largest absolute Gasteiger partial charge is 0.468 e. The lowest BCUT2D eigenvalue weighted by Crippen LogP contribution is -2.30. The molecule has 96 valence electrons. The van der Waals surface area contributed by atoms with Crippen LogP contribution in [0.5, 0.6) is 0 Å². The van der Waals surface area contributed by atoms with Gasteiger partial charge in [-0.15, -0.1) is 0 Å². The van der Waals surface area contributed by atoms with Crippen molar-refractivity contribution in [2.24, 2.45) is 0 Å². The van der Waals surface area contributed by atoms with Crippen molar-refractivity contribution in [1.82, 2.24) is 5.32 Å². The number of carbonyl (C=O) groups is 2. The van der Waals surface area contributed by atoms with Gasteiger partial charge in [-0.1, -0.05) is 0 Å². The van der Waals surface area contributed by atoms with Crippen molar-refractivity contribution in [2.75, 3.05) is 13.7 Å². The van der Waals surface area contributed by atoms with Crippen molar-refractivity contribution in [1.29, 1.82) is 0 Å². The number of amides is 1. The molecule has 0 heterocycles. The van der Waals surface area contributed by atoms with E-state index in [9.17, 15) is 19.7 Å². The first-order valence-electron chi connectivity index (χ1n) is 4.74. The van der Waals surface area contributed by atoms with Gasteiger partial charge in [0.1, 0.15) is 6.54 Å². The standard InChI is InChI=1S/C10H9IN2O5/c1-18-9(14)5-12-10(15)7-4-6(13(16)17)2-3-8(7)11/h2-4H,5H2,1H3,(H,12,15). The van der Waals surface area contributed by atoms with Crippen LogP contribution in [0.15, 0.2) is 18.2 Å². The summed E-state index contributed by atoms with van der Waals surface area (Å²) in [4.78, 5) is 32.6. The first kappa shape index (κ1) is 14.4. The lowest BCUT2D eigenvalue weighted by Gasteiger charge is -2.05. The zero-order valence-electron chi connectivity index (χ0n) is 9.31. The Labute approximate surface area is 116 Å². The van der Waals surface area contributed by atoms with Crippen LogP contribution >= 0.6 is 22.6 Å². The fourth-order valence-electron chi connectivity index (χ4n) is 1.12. The SMILES string of the molecule is COC(=O)CNC(=O)c1cc([N+](=O)[O-])ccc1I. The Morgan fingerprint density at radius 1 is 1.50 bits per heavy atom. The van der Waals surface area contributed by atoms with Crippen molar-refractivity contribution >= 4 is 40.2 Å². The van der Waals surface area contributed by atoms with Crippen LogP contribution in [0, 0.1) is 13.7 Å². The van der Waals surface area contributed by atoms with Crippen LogP contribution in [0.25, 0.3) is 0 Å². The second-order valence-corrected chi connectivity index (χ2v) is 4.34. The minimum atomic E-state index is -0.594. The van der Waals surface area contributed by atoms with E-state index < -0.39 is 16.8 Å². The summed E-state index contributed by atoms with van der Waals surface area (Å²) in [7, 11) is 1.20. The second-order valence-electron chi connectivity index (χ2n) is 3.18. The topological polar surface area (TPSA) is 98.5 Å². The Balaban J connectivity index is 2.87. The average Bonchev–Trinajstić information content (AvgIpc) is 2.35. The van der Waals surface area contributed by atoms with Gasteiger partial charge in [-0.2, -0.15) is 0 Å². The van der Waals surface area contributed by atoms with Gasteiger partial charge in [0.25, 0.3) is 11.6 Å². The van der Waals surface area contributed by atoms with Gasteiger partial charge in [-0.25, -0.2) is 0 Å². The number of carbonyl (C=O) groups excluding carboxylic acids is 2. The molecule has 0 atom stereocenters. The third-order valence-corrected chi connectivity index (χ3v) is 2.97. The van der Waals surface area contributed by atoms with Crippen molar-refractivity contribution in [3.05, 3.63) is 37.4 Å². The van der Waals surface area contributed by atoms with E-state index in [0.717, 1.165) is 6.07 Å². The summed E-state index contributed by atoms with van der Waals surface area (Å²) in [6.45, 7) is -0.284. The molecule has 0 fully saturated rings. The van der Waals surface area contributed by atoms with E-state index in [1.165, 1.54) is 19.2 Å². The Morgan fingerprint density at radius 2 is 2.17 bits per heavy atom. The number of hydrogen-bond acceptors (Lipinski definition) is 5. The van der Waals surface area contributed by atoms with Crippen molar-refractivity contribution < 1.29 is 19.2 Å². The maximum absolute atomic E-state index is 11.7. The van der Waals surface area contributed by atoms with Gasteiger partial charge in [-0.05, 0) is 28.7 Å². The van der Waals surface area contributed by atoms with Gasteiger partial charge >= 0.3 is 5.97 Å². The van der Waals surface area contributed by atoms with Gasteiger partial charge in [0, 0.05) is 15.7 Å². The van der Waals surface area contributed by atoms with E-state index >= 15 is 0 Å². The molecule has 1 amide bonds. The molecular weight excluding hydrogens is 355 g/mol. The predicted molar refractivity (Wildman–Crippen MR) is 70.2 cm³/mol. The number of halogens is 1. The van der Waals surface area contributed by atoms with E-state index in [1.54, 1.807) is 0 Å². The van der Waals surface area contributed by atoms with Gasteiger partial charge in [0.05, 0.1) is 17.6 Å². The molecule has 18 heavy (non-hydrogen) atoms. The zero-order valence-corrected chi connectivity index (χ0v) is 11.5. The van der Waals surface area contributed by atoms with Gasteiger partial charge in [0.2, 0.25) is 0 Å². The maximum atomic E-state index is 11.7. The normalized spacial score (nSPS) is 9.67. The molecule has 0 aromatic heterocycles. The molecule has 0 saturated heterocycles. The molecule has 8 heteroatoms. The van der Waals surface area contributed by atoms with E-state index in [0.29, 0.717) is 3.57 Å². The number of non-ortho nitro benzene ring substituents is 1. The number of nitrogens with one attached hydrogen (secondary N) is 1. The van der Waals surface area contributed by atoms with Crippen LogP contribution in [-0.4, -0.2) is 30.5 Å². The number of rotatable bonds is 4. The molecule has 0 aliphatic rings. The third kappa shape index (κ3) is 3.65. The van der Waals surface area contributed by atoms with Gasteiger partial charge < -0.3 is 10.1 Å². The third-order valence-electron chi connectivity index (χ3n) is 2.03. The van der Waals surface area contributed by atoms with Gasteiger partial charge in [0.15, 0.2) is 0 Å². The van der Waals surface area contributed by atoms with Gasteiger partial charge in [-0.3, -0.25) is 19.7 Å². The molecule has 1 N–H and O–H groups in total. The highest BCUT2D eigenvalue weighted by atomic mass is 127. The monoisotopic (exact) mass is 364 g/mol. The summed E-state index contributed by atoms with van der Waals surface area (Å²) in [6, 6.07) is 3.93. The summed E-state index contributed by atoms with van der Waals surface area (Å²) >= 11 is 1.88. The second kappa shape index (κ2) is 6.28. The Morgan fingerprint density at radius 3 is 2.72 bits per heavy atom. The summed E-state index contributed by atoms with van der Waals surface area (Å²) in [6.07, 6.45) is 0. The molecule has 7 nitrogen and oxygen atoms in total. The Kier molecular flexibility index (Phi) is 5.01. The minimum Gasteiger partial charge on any atom is -0.468 e. The molecule has 0 radical (unpaired) electrons. The molecule has 1 aromatic carbocycles. The van der Waals surface area contributed by atoms with E-state index in [-0.39, 0.29) is 17.8 Å². The summed E-state index contributed by atoms with van der Waals surface area (Å²) in [5, 5.41) is 12.9. The summed E-state index contributed by atoms with van der Waals surface area (Å²) in [5.41, 5.74) is -0.0349. The van der Waals surface area contributed by atoms with Crippen molar-refractivity contribution in [3.63, 3.8) is 0 Å². The number of nitro groups is 1. The first-order chi connectivity index (χ1) is 8.45. The number of nitro benzene ring substituents is 1. The lowest BCUT2D eigenvalue weighted by molar-refractivity contribution is -0.384. The Bertz CT molecular complexity index is 503. The van der Waals surface area contributed by atoms with E-state index in [2.05, 4.69) is 10.1 Å². The summed E-state index contributed by atoms with van der Waals surface area (Å²) < 4.78 is 4.92. The summed E-state index contributed by atoms with van der Waals surface area (Å²) in [5.74, 6) is -1.16. The molecular formula is C10H9IN2O5. The fraction of sp³-hybridized carbons (Fsp3) is 0.200. The van der Waals surface area contributed by atoms with Crippen molar-refractivity contribution in [2.45, 2.75) is 0 Å². The number of nitrogens with zero attached hydrogens (tertiary/aromatic N) is 1. The molecule has 1 aromatic rings. The lowest BCUT2D eigenvalue weighted by atomic mass is 10.2. The van der Waals surface area contributed by atoms with Crippen LogP contribution in [-0.2, 0) is 9.53 Å². The van der Waals surface area contributed by atoms with Crippen molar-refractivity contribution in [3.8, 4) is 0 Å². The zero-order chi connectivity index (χ0) is 13.7. The highest BCUT2D eigenvalue weighted by Crippen LogP contribution is 2.19. The highest BCUT2D eigenvalue weighted by molar-refractivity contribution is 14.1. The molecule has 0 saturated carbocycles. The molecule has 0 aliphatic carbocycles. The predicted octanol–water partition coefficient (Wildman–Crippen LogP) is 1.10. The molecule has 0 spiro atoms. The quantitative estimate of drug-likeness (QED) is 0.373. The molecule has 0 unspecified atom stereocenters. The number of methoxy groups -OCH3 is 1. The number of hydrogen-bond donors (Lipinski definition) is 1. The fourth-order valence-corrected chi connectivity index (χ4v) is 1.70. The average molecular weight is 364 g/mol. The van der Waals surface area contributed by atoms with Crippen LogP contribution in [0.1, 0.15) is 10.4 Å². The van der Waals surface area contributed by atoms with Crippen LogP contribution in [0.4, 0.5) is 5.69 Å². The van der Waals surface area contributed by atoms with Crippen LogP contribution in [0.2, 0.25) is 0 Å². The van der Waals surface area contributed by atoms with E-state index in [4.69, 9.17) is 0 Å². The highest BCUT2D eigenvalue weighted by Gasteiger charge is 2.16. The number of benzene rings is 1. The van der Waals surface area contributed by atoms with Crippen LogP contribution in [0.3, 0.4) is 0 Å². The first-order valence-corrected chi connectivity index (χ1v) is 5.82. The van der Waals surface area contributed by atoms with E-state index in [1.807, 2.05) is 22.6 Å². The van der Waals surface area contributed by atoms with Crippen LogP contribution < -0.4 is 5.32 Å². The molecule has 1 rings (SSSR count). The number of ether oxygens (including phenoxy) is 1. The number of esters is 1. The minimum absolute atomic E-state index is 0.147. The Hall–Kier alpha value is -1.71. The molecule has 0 bridgehead atoms. The smallest absolute Gasteiger partial charge is 0.325 e. The molecule has 0 aliphatic heterocycles.